The highest BCUT2D eigenvalue weighted by Gasteiger charge is 2.28. The van der Waals surface area contributed by atoms with E-state index in [1.54, 1.807) is 0 Å². The minimum atomic E-state index is -0.363. The fourth-order valence-electron chi connectivity index (χ4n) is 4.50. The molecule has 5 nitrogen and oxygen atoms in total. The zero-order chi connectivity index (χ0) is 23.5. The number of hydrogen-bond donors (Lipinski definition) is 1. The molecule has 0 spiro atoms. The first-order chi connectivity index (χ1) is 16.1. The van der Waals surface area contributed by atoms with Gasteiger partial charge in [-0.3, -0.25) is 9.59 Å². The summed E-state index contributed by atoms with van der Waals surface area (Å²) in [6, 6.07) is 17.0. The van der Waals surface area contributed by atoms with Crippen LogP contribution in [0.5, 0.6) is 0 Å². The van der Waals surface area contributed by atoms with E-state index in [-0.39, 0.29) is 30.2 Å². The molecule has 0 atom stereocenters. The predicted octanol–water partition coefficient (Wildman–Crippen LogP) is 5.25. The first-order valence-electron chi connectivity index (χ1n) is 12.1. The maximum atomic E-state index is 13.5. The number of rotatable bonds is 12. The van der Waals surface area contributed by atoms with E-state index in [9.17, 15) is 14.0 Å². The minimum Gasteiger partial charge on any atom is -0.389 e. The van der Waals surface area contributed by atoms with E-state index in [4.69, 9.17) is 5.11 Å². The van der Waals surface area contributed by atoms with Crippen molar-refractivity contribution < 1.29 is 19.1 Å². The van der Waals surface area contributed by atoms with Crippen molar-refractivity contribution in [1.82, 2.24) is 4.90 Å². The maximum Gasteiger partial charge on any atom is 0.222 e. The number of Topliss-reactive ketones (excluding diaryl/α,β-unsaturated/α-hetero) is 1. The highest BCUT2D eigenvalue weighted by molar-refractivity contribution is 5.79. The monoisotopic (exact) mass is 454 g/mol. The van der Waals surface area contributed by atoms with Crippen molar-refractivity contribution in [3.05, 3.63) is 60.4 Å². The Bertz CT molecular complexity index is 865. The number of aliphatic hydroxyl groups excluding tert-OH is 1. The van der Waals surface area contributed by atoms with E-state index in [1.165, 1.54) is 12.1 Å². The number of likely N-dealkylation sites (tertiary alicyclic amines) is 1. The Morgan fingerprint density at radius 3 is 2.06 bits per heavy atom. The van der Waals surface area contributed by atoms with Crippen LogP contribution >= 0.6 is 0 Å². The van der Waals surface area contributed by atoms with Gasteiger partial charge in [-0.25, -0.2) is 4.39 Å². The average molecular weight is 455 g/mol. The van der Waals surface area contributed by atoms with Gasteiger partial charge in [-0.1, -0.05) is 37.5 Å². The molecule has 1 amide bonds. The van der Waals surface area contributed by atoms with Crippen molar-refractivity contribution in [3.63, 3.8) is 0 Å². The SMILES string of the molecule is O=C(CO)CCCCCCCC(=O)N1CCC(N(c2ccccc2)c2ccc(F)cc2)CC1. The van der Waals surface area contributed by atoms with Crippen molar-refractivity contribution in [2.24, 2.45) is 0 Å². The van der Waals surface area contributed by atoms with Gasteiger partial charge >= 0.3 is 0 Å². The third kappa shape index (κ3) is 7.67. The number of piperidine rings is 1. The number of benzene rings is 2. The predicted molar refractivity (Wildman–Crippen MR) is 129 cm³/mol. The molecular formula is C27H35FN2O3. The number of carbonyl (C=O) groups is 2. The first kappa shape index (κ1) is 24.9. The van der Waals surface area contributed by atoms with Gasteiger partial charge in [0.05, 0.1) is 0 Å². The van der Waals surface area contributed by atoms with E-state index in [0.717, 1.165) is 69.4 Å². The summed E-state index contributed by atoms with van der Waals surface area (Å²) >= 11 is 0. The van der Waals surface area contributed by atoms with Gasteiger partial charge in [-0.05, 0) is 62.1 Å². The second-order valence-electron chi connectivity index (χ2n) is 8.76. The summed E-state index contributed by atoms with van der Waals surface area (Å²) in [5.41, 5.74) is 2.04. The van der Waals surface area contributed by atoms with Crippen LogP contribution in [0.25, 0.3) is 0 Å². The van der Waals surface area contributed by atoms with Crippen LogP contribution < -0.4 is 4.90 Å². The number of hydrogen-bond acceptors (Lipinski definition) is 4. The number of para-hydroxylation sites is 1. The molecular weight excluding hydrogens is 419 g/mol. The number of aliphatic hydroxyl groups is 1. The molecule has 1 heterocycles. The van der Waals surface area contributed by atoms with Gasteiger partial charge in [0.2, 0.25) is 5.91 Å². The Hall–Kier alpha value is -2.73. The number of halogens is 1. The lowest BCUT2D eigenvalue weighted by molar-refractivity contribution is -0.132. The molecule has 0 radical (unpaired) electrons. The molecule has 0 aliphatic carbocycles. The number of unbranched alkanes of at least 4 members (excludes halogenated alkanes) is 4. The molecule has 2 aromatic carbocycles. The summed E-state index contributed by atoms with van der Waals surface area (Å²) in [5, 5.41) is 8.73. The summed E-state index contributed by atoms with van der Waals surface area (Å²) in [6.45, 7) is 1.10. The smallest absolute Gasteiger partial charge is 0.222 e. The number of ketones is 1. The van der Waals surface area contributed by atoms with E-state index in [2.05, 4.69) is 17.0 Å². The van der Waals surface area contributed by atoms with Gasteiger partial charge in [-0.2, -0.15) is 0 Å². The standard InChI is InChI=1S/C27H35FN2O3/c28-22-13-15-24(16-14-22)30(23-9-5-4-6-10-23)25-17-19-29(20-18-25)27(33)12-8-3-1-2-7-11-26(32)21-31/h4-6,9-10,13-16,25,31H,1-3,7-8,11-12,17-21H2. The van der Waals surface area contributed by atoms with Crippen LogP contribution in [0.15, 0.2) is 54.6 Å². The van der Waals surface area contributed by atoms with Crippen LogP contribution in [0.3, 0.4) is 0 Å². The van der Waals surface area contributed by atoms with E-state index < -0.39 is 0 Å². The molecule has 1 saturated heterocycles. The molecule has 178 valence electrons. The molecule has 0 bridgehead atoms. The number of amides is 1. The number of nitrogens with zero attached hydrogens (tertiary/aromatic N) is 2. The Balaban J connectivity index is 1.45. The molecule has 1 aliphatic rings. The van der Waals surface area contributed by atoms with Crippen LogP contribution in [0.1, 0.15) is 57.8 Å². The van der Waals surface area contributed by atoms with Crippen molar-refractivity contribution in [2.75, 3.05) is 24.6 Å². The lowest BCUT2D eigenvalue weighted by Gasteiger charge is -2.40. The lowest BCUT2D eigenvalue weighted by Crippen LogP contribution is -2.45. The Kier molecular flexibility index (Phi) is 9.88. The zero-order valence-corrected chi connectivity index (χ0v) is 19.3. The molecule has 0 unspecified atom stereocenters. The van der Waals surface area contributed by atoms with Gasteiger partial charge in [0.1, 0.15) is 12.4 Å². The summed E-state index contributed by atoms with van der Waals surface area (Å²) in [6.07, 6.45) is 7.41. The van der Waals surface area contributed by atoms with E-state index >= 15 is 0 Å². The quantitative estimate of drug-likeness (QED) is 0.445. The summed E-state index contributed by atoms with van der Waals surface area (Å²) in [7, 11) is 0. The highest BCUT2D eigenvalue weighted by atomic mass is 19.1. The zero-order valence-electron chi connectivity index (χ0n) is 19.3. The second-order valence-corrected chi connectivity index (χ2v) is 8.76. The summed E-state index contributed by atoms with van der Waals surface area (Å²) < 4.78 is 13.5. The molecule has 1 aliphatic heterocycles. The second kappa shape index (κ2) is 13.1. The van der Waals surface area contributed by atoms with Crippen LogP contribution in [-0.4, -0.2) is 47.4 Å². The lowest BCUT2D eigenvalue weighted by atomic mass is 10.00. The van der Waals surface area contributed by atoms with Gasteiger partial charge in [-0.15, -0.1) is 0 Å². The average Bonchev–Trinajstić information content (AvgIpc) is 2.85. The van der Waals surface area contributed by atoms with Gasteiger partial charge in [0.25, 0.3) is 0 Å². The summed E-state index contributed by atoms with van der Waals surface area (Å²) in [4.78, 5) is 28.0. The van der Waals surface area contributed by atoms with Gasteiger partial charge < -0.3 is 14.9 Å². The normalized spacial score (nSPS) is 14.3. The van der Waals surface area contributed by atoms with E-state index in [1.807, 2.05) is 35.2 Å². The molecule has 0 saturated carbocycles. The van der Waals surface area contributed by atoms with Crippen LogP contribution in [-0.2, 0) is 9.59 Å². The third-order valence-electron chi connectivity index (χ3n) is 6.34. The molecule has 33 heavy (non-hydrogen) atoms. The molecule has 3 rings (SSSR count). The van der Waals surface area contributed by atoms with Crippen LogP contribution in [0.2, 0.25) is 0 Å². The molecule has 0 aromatic heterocycles. The Labute approximate surface area is 196 Å². The molecule has 2 aromatic rings. The number of anilines is 2. The number of carbonyl (C=O) groups excluding carboxylic acids is 2. The van der Waals surface area contributed by atoms with Crippen LogP contribution in [0.4, 0.5) is 15.8 Å². The van der Waals surface area contributed by atoms with Gasteiger partial charge in [0, 0.05) is 43.3 Å². The van der Waals surface area contributed by atoms with Crippen molar-refractivity contribution in [1.29, 1.82) is 0 Å². The topological polar surface area (TPSA) is 60.9 Å². The summed E-state index contributed by atoms with van der Waals surface area (Å²) in [5.74, 6) is -0.124. The largest absolute Gasteiger partial charge is 0.389 e. The molecule has 6 heteroatoms. The first-order valence-corrected chi connectivity index (χ1v) is 12.1. The van der Waals surface area contributed by atoms with Crippen molar-refractivity contribution in [2.45, 2.75) is 63.8 Å². The Morgan fingerprint density at radius 2 is 1.42 bits per heavy atom. The maximum absolute atomic E-state index is 13.5. The van der Waals surface area contributed by atoms with Crippen molar-refractivity contribution >= 4 is 23.1 Å². The fourth-order valence-corrected chi connectivity index (χ4v) is 4.50. The van der Waals surface area contributed by atoms with Crippen molar-refractivity contribution in [3.8, 4) is 0 Å². The third-order valence-corrected chi connectivity index (χ3v) is 6.34. The fraction of sp³-hybridized carbons (Fsp3) is 0.481. The van der Waals surface area contributed by atoms with E-state index in [0.29, 0.717) is 12.8 Å². The highest BCUT2D eigenvalue weighted by Crippen LogP contribution is 2.32. The van der Waals surface area contributed by atoms with Gasteiger partial charge in [0.15, 0.2) is 5.78 Å². The Morgan fingerprint density at radius 1 is 0.848 bits per heavy atom. The van der Waals surface area contributed by atoms with Crippen LogP contribution in [0, 0.1) is 5.82 Å². The minimum absolute atomic E-state index is 0.0983. The molecule has 1 fully saturated rings. The molecule has 1 N–H and O–H groups in total.